The van der Waals surface area contributed by atoms with Gasteiger partial charge in [0.05, 0.1) is 17.3 Å². The van der Waals surface area contributed by atoms with Gasteiger partial charge in [-0.25, -0.2) is 9.37 Å². The Hall–Kier alpha value is -2.95. The minimum Gasteiger partial charge on any atom is -0.436 e. The van der Waals surface area contributed by atoms with Crippen LogP contribution in [0.3, 0.4) is 0 Å². The van der Waals surface area contributed by atoms with Crippen molar-refractivity contribution >= 4 is 5.91 Å². The summed E-state index contributed by atoms with van der Waals surface area (Å²) in [5, 5.41) is 2.84. The first-order valence-electron chi connectivity index (χ1n) is 7.79. The number of nitrogens with zero attached hydrogens (tertiary/aromatic N) is 1. The molecule has 0 fully saturated rings. The first-order valence-corrected chi connectivity index (χ1v) is 7.79. The molecule has 4 nitrogen and oxygen atoms in total. The molecule has 0 saturated carbocycles. The number of aromatic nitrogens is 1. The quantitative estimate of drug-likeness (QED) is 0.762. The molecule has 3 rings (SSSR count). The second-order valence-corrected chi connectivity index (χ2v) is 5.31. The van der Waals surface area contributed by atoms with E-state index in [0.29, 0.717) is 29.0 Å². The van der Waals surface area contributed by atoms with Gasteiger partial charge in [-0.2, -0.15) is 0 Å². The number of oxazole rings is 1. The van der Waals surface area contributed by atoms with Crippen molar-refractivity contribution < 1.29 is 13.6 Å². The summed E-state index contributed by atoms with van der Waals surface area (Å²) in [5.74, 6) is 0.0506. The van der Waals surface area contributed by atoms with Crippen molar-refractivity contribution in [3.05, 3.63) is 66.1 Å². The molecule has 0 aliphatic heterocycles. The van der Waals surface area contributed by atoms with Gasteiger partial charge in [-0.1, -0.05) is 31.2 Å². The van der Waals surface area contributed by atoms with E-state index in [-0.39, 0.29) is 17.6 Å². The highest BCUT2D eigenvalue weighted by atomic mass is 19.1. The largest absolute Gasteiger partial charge is 0.436 e. The maximum atomic E-state index is 13.9. The Morgan fingerprint density at radius 1 is 1.12 bits per heavy atom. The summed E-state index contributed by atoms with van der Waals surface area (Å²) in [4.78, 5) is 16.5. The molecular formula is C19H17FN2O2. The van der Waals surface area contributed by atoms with Gasteiger partial charge in [-0.15, -0.1) is 0 Å². The molecule has 0 unspecified atom stereocenters. The van der Waals surface area contributed by atoms with E-state index in [1.807, 2.05) is 6.92 Å². The predicted octanol–water partition coefficient (Wildman–Crippen LogP) is 4.29. The Kier molecular flexibility index (Phi) is 4.70. The van der Waals surface area contributed by atoms with Crippen molar-refractivity contribution in [2.75, 3.05) is 6.54 Å². The molecular weight excluding hydrogens is 307 g/mol. The second kappa shape index (κ2) is 7.08. The number of hydrogen-bond donors (Lipinski definition) is 1. The van der Waals surface area contributed by atoms with Crippen LogP contribution in [0.15, 0.2) is 59.1 Å². The fourth-order valence-corrected chi connectivity index (χ4v) is 2.39. The Bertz CT molecular complexity index is 858. The highest BCUT2D eigenvalue weighted by Gasteiger charge is 2.17. The maximum absolute atomic E-state index is 13.9. The summed E-state index contributed by atoms with van der Waals surface area (Å²) in [6, 6.07) is 13.4. The molecule has 3 aromatic rings. The Labute approximate surface area is 139 Å². The van der Waals surface area contributed by atoms with Gasteiger partial charge >= 0.3 is 0 Å². The molecule has 122 valence electrons. The van der Waals surface area contributed by atoms with Crippen molar-refractivity contribution in [1.29, 1.82) is 0 Å². The van der Waals surface area contributed by atoms with Gasteiger partial charge in [0, 0.05) is 12.1 Å². The van der Waals surface area contributed by atoms with Gasteiger partial charge in [0.2, 0.25) is 5.89 Å². The van der Waals surface area contributed by atoms with Crippen LogP contribution < -0.4 is 5.32 Å². The predicted molar refractivity (Wildman–Crippen MR) is 90.0 cm³/mol. The molecule has 0 bridgehead atoms. The van der Waals surface area contributed by atoms with Gasteiger partial charge in [-0.05, 0) is 30.7 Å². The molecule has 1 N–H and O–H groups in total. The van der Waals surface area contributed by atoms with E-state index in [0.717, 1.165) is 6.42 Å². The number of carbonyl (C=O) groups is 1. The van der Waals surface area contributed by atoms with Crippen molar-refractivity contribution in [3.63, 3.8) is 0 Å². The molecule has 0 atom stereocenters. The van der Waals surface area contributed by atoms with Crippen LogP contribution in [0, 0.1) is 5.82 Å². The highest BCUT2D eigenvalue weighted by molar-refractivity contribution is 6.00. The van der Waals surface area contributed by atoms with Crippen LogP contribution in [0.4, 0.5) is 4.39 Å². The van der Waals surface area contributed by atoms with Crippen molar-refractivity contribution in [1.82, 2.24) is 10.3 Å². The van der Waals surface area contributed by atoms with Gasteiger partial charge in [0.15, 0.2) is 5.76 Å². The summed E-state index contributed by atoms with van der Waals surface area (Å²) in [7, 11) is 0. The molecule has 2 aromatic carbocycles. The zero-order valence-electron chi connectivity index (χ0n) is 13.3. The minimum atomic E-state index is -0.380. The fourth-order valence-electron chi connectivity index (χ4n) is 2.39. The van der Waals surface area contributed by atoms with Crippen molar-refractivity contribution in [2.24, 2.45) is 0 Å². The van der Waals surface area contributed by atoms with E-state index in [2.05, 4.69) is 10.3 Å². The summed E-state index contributed by atoms with van der Waals surface area (Å²) in [6.45, 7) is 2.58. The van der Waals surface area contributed by atoms with Crippen LogP contribution in [-0.2, 0) is 0 Å². The van der Waals surface area contributed by atoms with Crippen LogP contribution in [0.5, 0.6) is 0 Å². The lowest BCUT2D eigenvalue weighted by Gasteiger charge is -2.07. The van der Waals surface area contributed by atoms with E-state index < -0.39 is 0 Å². The number of halogens is 1. The van der Waals surface area contributed by atoms with Crippen LogP contribution in [0.25, 0.3) is 22.8 Å². The lowest BCUT2D eigenvalue weighted by Crippen LogP contribution is -2.24. The summed E-state index contributed by atoms with van der Waals surface area (Å²) in [5.41, 5.74) is 1.39. The SMILES string of the molecule is CCCNC(=O)c1ccccc1-c1ncc(-c2ccccc2F)o1. The lowest BCUT2D eigenvalue weighted by molar-refractivity contribution is 0.0954. The second-order valence-electron chi connectivity index (χ2n) is 5.31. The molecule has 0 aliphatic rings. The topological polar surface area (TPSA) is 55.1 Å². The van der Waals surface area contributed by atoms with Crippen LogP contribution in [0.2, 0.25) is 0 Å². The van der Waals surface area contributed by atoms with Gasteiger partial charge in [0.1, 0.15) is 5.82 Å². The maximum Gasteiger partial charge on any atom is 0.252 e. The third kappa shape index (κ3) is 3.20. The summed E-state index contributed by atoms with van der Waals surface area (Å²) >= 11 is 0. The normalized spacial score (nSPS) is 10.6. The number of carbonyl (C=O) groups excluding carboxylic acids is 1. The number of nitrogens with one attached hydrogen (secondary N) is 1. The van der Waals surface area contributed by atoms with Crippen LogP contribution >= 0.6 is 0 Å². The zero-order valence-corrected chi connectivity index (χ0v) is 13.3. The van der Waals surface area contributed by atoms with E-state index in [4.69, 9.17) is 4.42 Å². The minimum absolute atomic E-state index is 0.182. The highest BCUT2D eigenvalue weighted by Crippen LogP contribution is 2.29. The Morgan fingerprint density at radius 3 is 2.58 bits per heavy atom. The number of benzene rings is 2. The zero-order chi connectivity index (χ0) is 16.9. The molecule has 0 spiro atoms. The van der Waals surface area contributed by atoms with E-state index in [9.17, 15) is 9.18 Å². The average Bonchev–Trinajstić information content (AvgIpc) is 3.09. The van der Waals surface area contributed by atoms with E-state index >= 15 is 0 Å². The Balaban J connectivity index is 1.96. The smallest absolute Gasteiger partial charge is 0.252 e. The molecule has 0 aliphatic carbocycles. The first kappa shape index (κ1) is 15.9. The molecule has 1 amide bonds. The van der Waals surface area contributed by atoms with Gasteiger partial charge < -0.3 is 9.73 Å². The lowest BCUT2D eigenvalue weighted by atomic mass is 10.1. The molecule has 24 heavy (non-hydrogen) atoms. The molecule has 1 heterocycles. The van der Waals surface area contributed by atoms with Crippen molar-refractivity contribution in [3.8, 4) is 22.8 Å². The van der Waals surface area contributed by atoms with E-state index in [1.54, 1.807) is 42.5 Å². The van der Waals surface area contributed by atoms with Crippen LogP contribution in [-0.4, -0.2) is 17.4 Å². The van der Waals surface area contributed by atoms with E-state index in [1.165, 1.54) is 12.3 Å². The summed E-state index contributed by atoms with van der Waals surface area (Å²) in [6.07, 6.45) is 2.32. The van der Waals surface area contributed by atoms with Gasteiger partial charge in [-0.3, -0.25) is 4.79 Å². The number of amides is 1. The van der Waals surface area contributed by atoms with Crippen molar-refractivity contribution in [2.45, 2.75) is 13.3 Å². The number of hydrogen-bond acceptors (Lipinski definition) is 3. The fraction of sp³-hybridized carbons (Fsp3) is 0.158. The number of rotatable bonds is 5. The summed E-state index contributed by atoms with van der Waals surface area (Å²) < 4.78 is 19.6. The Morgan fingerprint density at radius 2 is 1.83 bits per heavy atom. The molecule has 5 heteroatoms. The van der Waals surface area contributed by atoms with Crippen LogP contribution in [0.1, 0.15) is 23.7 Å². The molecule has 0 saturated heterocycles. The average molecular weight is 324 g/mol. The standard InChI is InChI=1S/C19H17FN2O2/c1-2-11-21-18(23)13-7-3-4-8-14(13)19-22-12-17(24-19)15-9-5-6-10-16(15)20/h3-10,12H,2,11H2,1H3,(H,21,23). The first-order chi connectivity index (χ1) is 11.7. The third-order valence-corrected chi connectivity index (χ3v) is 3.58. The molecule has 1 aromatic heterocycles. The molecule has 0 radical (unpaired) electrons. The third-order valence-electron chi connectivity index (χ3n) is 3.58. The monoisotopic (exact) mass is 324 g/mol. The van der Waals surface area contributed by atoms with Gasteiger partial charge in [0.25, 0.3) is 5.91 Å².